The van der Waals surface area contributed by atoms with E-state index in [0.29, 0.717) is 17.2 Å². The number of anilines is 1. The lowest BCUT2D eigenvalue weighted by Gasteiger charge is -2.25. The number of carbonyl (C=O) groups excluding carboxylic acids is 2. The molecular weight excluding hydrogens is 514 g/mol. The first-order valence-electron chi connectivity index (χ1n) is 13.2. The predicted molar refractivity (Wildman–Crippen MR) is 147 cm³/mol. The second-order valence-electron chi connectivity index (χ2n) is 9.75. The summed E-state index contributed by atoms with van der Waals surface area (Å²) in [6.07, 6.45) is 5.14. The number of carboxylic acids is 1. The number of carboxylic acid groups (broad SMARTS) is 1. The van der Waals surface area contributed by atoms with Crippen LogP contribution in [0.15, 0.2) is 72.8 Å². The Hall–Kier alpha value is -4.73. The highest BCUT2D eigenvalue weighted by Gasteiger charge is 2.22. The maximum Gasteiger partial charge on any atom is 0.420 e. The molecule has 2 amide bonds. The summed E-state index contributed by atoms with van der Waals surface area (Å²) in [7, 11) is 0. The van der Waals surface area contributed by atoms with E-state index in [1.807, 2.05) is 24.3 Å². The Labute approximate surface area is 231 Å². The largest absolute Gasteiger partial charge is 0.481 e. The lowest BCUT2D eigenvalue weighted by molar-refractivity contribution is -0.729. The number of rotatable bonds is 10. The van der Waals surface area contributed by atoms with E-state index in [-0.39, 0.29) is 35.9 Å². The molecule has 0 unspecified atom stereocenters. The maximum atomic E-state index is 13.4. The molecule has 0 aliphatic heterocycles. The van der Waals surface area contributed by atoms with E-state index in [1.54, 1.807) is 24.3 Å². The first kappa shape index (κ1) is 28.3. The van der Waals surface area contributed by atoms with Gasteiger partial charge in [-0.2, -0.15) is 0 Å². The zero-order valence-electron chi connectivity index (χ0n) is 22.0. The van der Waals surface area contributed by atoms with Gasteiger partial charge < -0.3 is 15.2 Å². The molecule has 4 rings (SSSR count). The monoisotopic (exact) mass is 546 g/mol. The van der Waals surface area contributed by atoms with E-state index in [1.165, 1.54) is 54.0 Å². The van der Waals surface area contributed by atoms with E-state index < -0.39 is 18.0 Å². The van der Waals surface area contributed by atoms with Crippen LogP contribution in [0.2, 0.25) is 0 Å². The molecule has 1 aliphatic carbocycles. The first-order chi connectivity index (χ1) is 19.3. The molecule has 208 valence electrons. The molecule has 3 N–H and O–H groups in total. The van der Waals surface area contributed by atoms with Crippen LogP contribution in [0.3, 0.4) is 0 Å². The average molecular weight is 547 g/mol. The molecule has 0 bridgehead atoms. The van der Waals surface area contributed by atoms with Gasteiger partial charge in [0.1, 0.15) is 5.75 Å². The molecule has 1 saturated carbocycles. The molecule has 3 aromatic carbocycles. The predicted octanol–water partition coefficient (Wildman–Crippen LogP) is 5.94. The zero-order chi connectivity index (χ0) is 28.5. The summed E-state index contributed by atoms with van der Waals surface area (Å²) in [6, 6.07) is 20.1. The van der Waals surface area contributed by atoms with E-state index in [2.05, 4.69) is 5.32 Å². The van der Waals surface area contributed by atoms with Crippen molar-refractivity contribution in [2.45, 2.75) is 51.0 Å². The van der Waals surface area contributed by atoms with Gasteiger partial charge in [-0.3, -0.25) is 14.5 Å². The molecule has 40 heavy (non-hydrogen) atoms. The molecule has 0 heterocycles. The van der Waals surface area contributed by atoms with Crippen LogP contribution < -0.4 is 15.0 Å². The second kappa shape index (κ2) is 13.4. The molecule has 3 aromatic rings. The summed E-state index contributed by atoms with van der Waals surface area (Å²) >= 11 is 0. The van der Waals surface area contributed by atoms with Crippen molar-refractivity contribution < 1.29 is 34.4 Å². The lowest BCUT2D eigenvalue weighted by atomic mass is 9.84. The van der Waals surface area contributed by atoms with Crippen LogP contribution in [0.25, 0.3) is 0 Å². The van der Waals surface area contributed by atoms with Crippen molar-refractivity contribution in [1.82, 2.24) is 5.32 Å². The number of ether oxygens (including phenoxy) is 1. The van der Waals surface area contributed by atoms with Gasteiger partial charge >= 0.3 is 17.7 Å². The highest BCUT2D eigenvalue weighted by atomic mass is 16.6. The Morgan fingerprint density at radius 1 is 0.950 bits per heavy atom. The summed E-state index contributed by atoms with van der Waals surface area (Å²) in [6.45, 7) is 0.157. The summed E-state index contributed by atoms with van der Waals surface area (Å²) in [4.78, 5) is 48.8. The van der Waals surface area contributed by atoms with Crippen LogP contribution in [0.5, 0.6) is 5.75 Å². The average Bonchev–Trinajstić information content (AvgIpc) is 2.96. The molecule has 1 fully saturated rings. The van der Waals surface area contributed by atoms with Crippen molar-refractivity contribution in [3.05, 3.63) is 94.4 Å². The Balaban J connectivity index is 1.53. The smallest absolute Gasteiger partial charge is 0.420 e. The van der Waals surface area contributed by atoms with Gasteiger partial charge in [-0.05, 0) is 60.2 Å². The van der Waals surface area contributed by atoms with Crippen molar-refractivity contribution >= 4 is 29.3 Å². The minimum absolute atomic E-state index is 0.0218. The Morgan fingerprint density at radius 2 is 1.65 bits per heavy atom. The van der Waals surface area contributed by atoms with Gasteiger partial charge in [0.25, 0.3) is 10.8 Å². The highest BCUT2D eigenvalue weighted by Crippen LogP contribution is 2.34. The van der Waals surface area contributed by atoms with Crippen molar-refractivity contribution in [3.8, 4) is 5.75 Å². The summed E-state index contributed by atoms with van der Waals surface area (Å²) in [5, 5.41) is 20.5. The SMILES string of the molecule is O=C(O)CCNC(=O)c1ccc(CN(C(=O)Oc2cccc([N+](=O)O)c2)c2ccc(C3CCCCC3)cc2)cc1. The standard InChI is InChI=1S/C30H31N3O7/c34-28(35)17-18-31-29(36)24-11-9-21(10-12-24)20-32(30(37)40-27-8-4-7-26(19-27)33(38)39)25-15-13-23(14-16-25)22-5-2-1-3-6-22/h4,7-16,19,22H,1-3,5-6,17-18,20H2,(H2-,31,34,35,36,38,39)/p+1. The number of carbonyl (C=O) groups is 3. The number of amides is 2. The van der Waals surface area contributed by atoms with Crippen molar-refractivity contribution in [3.63, 3.8) is 0 Å². The molecule has 10 heteroatoms. The molecule has 0 aromatic heterocycles. The third-order valence-electron chi connectivity index (χ3n) is 6.93. The highest BCUT2D eigenvalue weighted by molar-refractivity contribution is 5.94. The molecule has 0 radical (unpaired) electrons. The van der Waals surface area contributed by atoms with E-state index >= 15 is 0 Å². The van der Waals surface area contributed by atoms with Crippen LogP contribution in [0.1, 0.15) is 65.9 Å². The van der Waals surface area contributed by atoms with Crippen LogP contribution in [0.4, 0.5) is 16.2 Å². The molecule has 0 atom stereocenters. The number of nitrogens with one attached hydrogen (secondary N) is 1. The molecular formula is C30H32N3O7+. The van der Waals surface area contributed by atoms with Crippen molar-refractivity contribution in [2.24, 2.45) is 0 Å². The Morgan fingerprint density at radius 3 is 2.30 bits per heavy atom. The van der Waals surface area contributed by atoms with Gasteiger partial charge in [-0.1, -0.05) is 49.6 Å². The minimum atomic E-state index is -0.997. The Kier molecular flexibility index (Phi) is 9.45. The fourth-order valence-electron chi connectivity index (χ4n) is 4.77. The van der Waals surface area contributed by atoms with E-state index in [4.69, 9.17) is 9.84 Å². The molecule has 0 saturated heterocycles. The van der Waals surface area contributed by atoms with E-state index in [0.717, 1.165) is 18.4 Å². The minimum Gasteiger partial charge on any atom is -0.481 e. The number of hydrogen-bond acceptors (Lipinski definition) is 5. The van der Waals surface area contributed by atoms with Gasteiger partial charge in [0, 0.05) is 23.9 Å². The quantitative estimate of drug-likeness (QED) is 0.268. The van der Waals surface area contributed by atoms with Crippen molar-refractivity contribution in [1.29, 1.82) is 0 Å². The van der Waals surface area contributed by atoms with Crippen LogP contribution in [0, 0.1) is 4.91 Å². The number of nitrogens with zero attached hydrogens (tertiary/aromatic N) is 2. The third kappa shape index (κ3) is 7.66. The van der Waals surface area contributed by atoms with Gasteiger partial charge in [0.2, 0.25) is 0 Å². The third-order valence-corrected chi connectivity index (χ3v) is 6.93. The molecule has 10 nitrogen and oxygen atoms in total. The van der Waals surface area contributed by atoms with E-state index in [9.17, 15) is 24.5 Å². The Bertz CT molecular complexity index is 1350. The topological polar surface area (TPSA) is 136 Å². The van der Waals surface area contributed by atoms with Gasteiger partial charge in [-0.25, -0.2) is 10.0 Å². The van der Waals surface area contributed by atoms with Crippen molar-refractivity contribution in [2.75, 3.05) is 11.4 Å². The number of aliphatic carboxylic acids is 1. The first-order valence-corrected chi connectivity index (χ1v) is 13.2. The summed E-state index contributed by atoms with van der Waals surface area (Å²) in [5.41, 5.74) is 2.87. The zero-order valence-corrected chi connectivity index (χ0v) is 22.0. The fraction of sp³-hybridized carbons (Fsp3) is 0.300. The maximum absolute atomic E-state index is 13.4. The summed E-state index contributed by atoms with van der Waals surface area (Å²) in [5.74, 6) is -0.787. The number of benzene rings is 3. The normalized spacial score (nSPS) is 13.3. The number of hydrogen-bond donors (Lipinski definition) is 3. The van der Waals surface area contributed by atoms with Crippen LogP contribution in [-0.2, 0) is 11.3 Å². The molecule has 0 spiro atoms. The lowest BCUT2D eigenvalue weighted by Crippen LogP contribution is -2.33. The van der Waals surface area contributed by atoms with Crippen LogP contribution in [-0.4, -0.2) is 39.8 Å². The fourth-order valence-corrected chi connectivity index (χ4v) is 4.77. The van der Waals surface area contributed by atoms with Gasteiger partial charge in [0.05, 0.1) is 23.9 Å². The van der Waals surface area contributed by atoms with Crippen LogP contribution >= 0.6 is 0 Å². The molecule has 1 aliphatic rings. The van der Waals surface area contributed by atoms with Gasteiger partial charge in [-0.15, -0.1) is 0 Å². The summed E-state index contributed by atoms with van der Waals surface area (Å²) < 4.78 is 5.56. The second-order valence-corrected chi connectivity index (χ2v) is 9.75. The van der Waals surface area contributed by atoms with Gasteiger partial charge in [0.15, 0.2) is 0 Å².